The maximum Gasteiger partial charge on any atom is 0.136 e. The maximum atomic E-state index is 10.0. The van der Waals surface area contributed by atoms with Gasteiger partial charge in [0.25, 0.3) is 0 Å². The van der Waals surface area contributed by atoms with E-state index in [1.807, 2.05) is 30.3 Å². The van der Waals surface area contributed by atoms with Crippen LogP contribution in [0, 0.1) is 0 Å². The Labute approximate surface area is 124 Å². The molecule has 0 amide bonds. The number of aliphatic hydroxyl groups excluding tert-OH is 1. The number of hydrogen-bond acceptors (Lipinski definition) is 5. The number of benzene rings is 1. The Hall–Kier alpha value is -1.40. The normalized spacial score (nSPS) is 12.9. The second kappa shape index (κ2) is 8.79. The first-order valence-electron chi connectivity index (χ1n) is 7.12. The van der Waals surface area contributed by atoms with Crippen LogP contribution >= 0.6 is 0 Å². The zero-order valence-corrected chi connectivity index (χ0v) is 12.3. The number of para-hydroxylation sites is 1. The van der Waals surface area contributed by atoms with E-state index < -0.39 is 6.10 Å². The van der Waals surface area contributed by atoms with Crippen LogP contribution in [0.15, 0.2) is 34.7 Å². The average molecular weight is 294 g/mol. The van der Waals surface area contributed by atoms with Crippen LogP contribution in [0.5, 0.6) is 0 Å². The molecular weight excluding hydrogens is 272 g/mol. The van der Waals surface area contributed by atoms with Crippen LogP contribution in [0.3, 0.4) is 0 Å². The number of rotatable bonds is 10. The van der Waals surface area contributed by atoms with E-state index in [0.717, 1.165) is 17.4 Å². The lowest BCUT2D eigenvalue weighted by Gasteiger charge is -2.09. The lowest BCUT2D eigenvalue weighted by Crippen LogP contribution is -2.09. The molecule has 1 unspecified atom stereocenters. The highest BCUT2D eigenvalue weighted by atomic mass is 16.5. The lowest BCUT2D eigenvalue weighted by atomic mass is 10.2. The molecule has 1 aromatic heterocycles. The first-order valence-corrected chi connectivity index (χ1v) is 7.12. The van der Waals surface area contributed by atoms with Crippen molar-refractivity contribution in [2.24, 2.45) is 0 Å². The van der Waals surface area contributed by atoms with Gasteiger partial charge in [0.05, 0.1) is 19.8 Å². The summed E-state index contributed by atoms with van der Waals surface area (Å²) < 4.78 is 21.2. The summed E-state index contributed by atoms with van der Waals surface area (Å²) in [5.41, 5.74) is 0.776. The van der Waals surface area contributed by atoms with Gasteiger partial charge >= 0.3 is 0 Å². The van der Waals surface area contributed by atoms with E-state index in [-0.39, 0.29) is 6.61 Å². The standard InChI is InChI=1S/C16H22O5/c1-18-9-10-19-7-4-8-20-12-14(17)16-11-13-5-2-3-6-15(13)21-16/h2-3,5-6,11,14,17H,4,7-10,12H2,1H3. The van der Waals surface area contributed by atoms with E-state index >= 15 is 0 Å². The molecule has 1 atom stereocenters. The van der Waals surface area contributed by atoms with Crippen LogP contribution in [0.25, 0.3) is 11.0 Å². The number of aliphatic hydroxyl groups is 1. The molecule has 21 heavy (non-hydrogen) atoms. The summed E-state index contributed by atoms with van der Waals surface area (Å²) in [6, 6.07) is 9.52. The van der Waals surface area contributed by atoms with Gasteiger partial charge in [-0.05, 0) is 18.6 Å². The Bertz CT molecular complexity index is 489. The predicted molar refractivity (Wildman–Crippen MR) is 79.3 cm³/mol. The summed E-state index contributed by atoms with van der Waals surface area (Å²) in [5.74, 6) is 0.535. The highest BCUT2D eigenvalue weighted by molar-refractivity contribution is 5.77. The van der Waals surface area contributed by atoms with Crippen molar-refractivity contribution in [3.8, 4) is 0 Å². The van der Waals surface area contributed by atoms with Crippen molar-refractivity contribution in [2.75, 3.05) is 40.1 Å². The zero-order chi connectivity index (χ0) is 14.9. The second-order valence-electron chi connectivity index (χ2n) is 4.74. The summed E-state index contributed by atoms with van der Waals surface area (Å²) in [5, 5.41) is 11.0. The lowest BCUT2D eigenvalue weighted by molar-refractivity contribution is 0.0114. The van der Waals surface area contributed by atoms with Gasteiger partial charge in [-0.2, -0.15) is 0 Å². The van der Waals surface area contributed by atoms with E-state index in [9.17, 15) is 5.11 Å². The summed E-state index contributed by atoms with van der Waals surface area (Å²) in [6.45, 7) is 2.59. The van der Waals surface area contributed by atoms with Crippen LogP contribution in [0.1, 0.15) is 18.3 Å². The molecule has 2 aromatic rings. The molecule has 1 heterocycles. The third-order valence-electron chi connectivity index (χ3n) is 3.06. The fourth-order valence-corrected chi connectivity index (χ4v) is 1.95. The molecule has 5 nitrogen and oxygen atoms in total. The van der Waals surface area contributed by atoms with E-state index in [1.165, 1.54) is 0 Å². The minimum Gasteiger partial charge on any atom is -0.458 e. The smallest absolute Gasteiger partial charge is 0.136 e. The van der Waals surface area contributed by atoms with Crippen molar-refractivity contribution in [1.29, 1.82) is 0 Å². The van der Waals surface area contributed by atoms with Crippen LogP contribution in [-0.4, -0.2) is 45.3 Å². The molecule has 0 aliphatic rings. The molecule has 0 aliphatic heterocycles. The molecule has 1 N–H and O–H groups in total. The first kappa shape index (κ1) is 16.0. The summed E-state index contributed by atoms with van der Waals surface area (Å²) in [4.78, 5) is 0. The Morgan fingerprint density at radius 2 is 1.90 bits per heavy atom. The summed E-state index contributed by atoms with van der Waals surface area (Å²) in [7, 11) is 1.64. The monoisotopic (exact) mass is 294 g/mol. The SMILES string of the molecule is COCCOCCCOCC(O)c1cc2ccccc2o1. The summed E-state index contributed by atoms with van der Waals surface area (Å²) >= 11 is 0. The van der Waals surface area contributed by atoms with Crippen molar-refractivity contribution >= 4 is 11.0 Å². The Balaban J connectivity index is 1.64. The van der Waals surface area contributed by atoms with E-state index in [2.05, 4.69) is 0 Å². The molecular formula is C16H22O5. The molecule has 0 aliphatic carbocycles. The van der Waals surface area contributed by atoms with E-state index in [1.54, 1.807) is 7.11 Å². The van der Waals surface area contributed by atoms with Crippen molar-refractivity contribution in [2.45, 2.75) is 12.5 Å². The van der Waals surface area contributed by atoms with Gasteiger partial charge in [0.2, 0.25) is 0 Å². The average Bonchev–Trinajstić information content (AvgIpc) is 2.94. The molecule has 2 rings (SSSR count). The largest absolute Gasteiger partial charge is 0.458 e. The molecule has 0 saturated heterocycles. The second-order valence-corrected chi connectivity index (χ2v) is 4.74. The van der Waals surface area contributed by atoms with Crippen LogP contribution in [0.4, 0.5) is 0 Å². The fourth-order valence-electron chi connectivity index (χ4n) is 1.95. The van der Waals surface area contributed by atoms with Gasteiger partial charge in [0, 0.05) is 25.7 Å². The van der Waals surface area contributed by atoms with Crippen molar-refractivity contribution in [3.63, 3.8) is 0 Å². The number of fused-ring (bicyclic) bond motifs is 1. The van der Waals surface area contributed by atoms with Gasteiger partial charge in [0.1, 0.15) is 17.4 Å². The molecule has 0 fully saturated rings. The Kier molecular flexibility index (Phi) is 6.69. The molecule has 0 saturated carbocycles. The van der Waals surface area contributed by atoms with Crippen LogP contribution in [0.2, 0.25) is 0 Å². The Morgan fingerprint density at radius 1 is 1.10 bits per heavy atom. The Morgan fingerprint density at radius 3 is 2.71 bits per heavy atom. The van der Waals surface area contributed by atoms with Crippen molar-refractivity contribution in [3.05, 3.63) is 36.1 Å². The third kappa shape index (κ3) is 5.13. The van der Waals surface area contributed by atoms with Gasteiger partial charge in [0.15, 0.2) is 0 Å². The third-order valence-corrected chi connectivity index (χ3v) is 3.06. The molecule has 0 radical (unpaired) electrons. The van der Waals surface area contributed by atoms with Crippen LogP contribution in [-0.2, 0) is 14.2 Å². The van der Waals surface area contributed by atoms with Crippen molar-refractivity contribution < 1.29 is 23.7 Å². The number of methoxy groups -OCH3 is 1. The zero-order valence-electron chi connectivity index (χ0n) is 12.3. The number of ether oxygens (including phenoxy) is 3. The van der Waals surface area contributed by atoms with Crippen molar-refractivity contribution in [1.82, 2.24) is 0 Å². The molecule has 5 heteroatoms. The minimum absolute atomic E-state index is 0.220. The maximum absolute atomic E-state index is 10.0. The van der Waals surface area contributed by atoms with Gasteiger partial charge in [-0.3, -0.25) is 0 Å². The quantitative estimate of drug-likeness (QED) is 0.682. The first-order chi connectivity index (χ1) is 10.3. The fraction of sp³-hybridized carbons (Fsp3) is 0.500. The van der Waals surface area contributed by atoms with Gasteiger partial charge < -0.3 is 23.7 Å². The highest BCUT2D eigenvalue weighted by Gasteiger charge is 2.13. The van der Waals surface area contributed by atoms with Gasteiger partial charge in [-0.15, -0.1) is 0 Å². The number of furan rings is 1. The van der Waals surface area contributed by atoms with Crippen LogP contribution < -0.4 is 0 Å². The van der Waals surface area contributed by atoms with E-state index in [0.29, 0.717) is 32.2 Å². The van der Waals surface area contributed by atoms with Gasteiger partial charge in [-0.1, -0.05) is 18.2 Å². The highest BCUT2D eigenvalue weighted by Crippen LogP contribution is 2.23. The van der Waals surface area contributed by atoms with Gasteiger partial charge in [-0.25, -0.2) is 0 Å². The topological polar surface area (TPSA) is 61.1 Å². The molecule has 116 valence electrons. The van der Waals surface area contributed by atoms with E-state index in [4.69, 9.17) is 18.6 Å². The summed E-state index contributed by atoms with van der Waals surface area (Å²) in [6.07, 6.45) is 0.0446. The predicted octanol–water partition coefficient (Wildman–Crippen LogP) is 2.54. The molecule has 1 aromatic carbocycles. The molecule has 0 spiro atoms. The molecule has 0 bridgehead atoms. The number of hydrogen-bond donors (Lipinski definition) is 1. The minimum atomic E-state index is -0.744.